The number of anilines is 1. The quantitative estimate of drug-likeness (QED) is 0.488. The summed E-state index contributed by atoms with van der Waals surface area (Å²) in [4.78, 5) is 0. The minimum absolute atomic E-state index is 0.715. The Balaban J connectivity index is 0.000000252. The Labute approximate surface area is 78.1 Å². The van der Waals surface area contributed by atoms with Gasteiger partial charge in [0.1, 0.15) is 0 Å². The highest BCUT2D eigenvalue weighted by Gasteiger charge is 1.81. The van der Waals surface area contributed by atoms with Gasteiger partial charge < -0.3 is 5.73 Å². The van der Waals surface area contributed by atoms with E-state index in [9.17, 15) is 8.42 Å². The number of benzene rings is 1. The Morgan fingerprint density at radius 3 is 1.77 bits per heavy atom. The summed E-state index contributed by atoms with van der Waals surface area (Å²) in [5.74, 6) is 0. The lowest BCUT2D eigenvalue weighted by atomic mass is 10.2. The van der Waals surface area contributed by atoms with Crippen LogP contribution in [0.4, 0.5) is 5.69 Å². The van der Waals surface area contributed by atoms with Crippen molar-refractivity contribution in [2.75, 3.05) is 12.0 Å². The molecule has 0 spiro atoms. The zero-order valence-electron chi connectivity index (χ0n) is 7.56. The van der Waals surface area contributed by atoms with Crippen LogP contribution in [0.25, 0.3) is 0 Å². The first kappa shape index (κ1) is 11.9. The van der Waals surface area contributed by atoms with Crippen LogP contribution in [0, 0.1) is 6.92 Å². The second-order valence-corrected chi connectivity index (χ2v) is 4.11. The van der Waals surface area contributed by atoms with Crippen molar-refractivity contribution in [3.8, 4) is 0 Å². The van der Waals surface area contributed by atoms with E-state index in [4.69, 9.17) is 10.3 Å². The fourth-order valence-electron chi connectivity index (χ4n) is 0.566. The van der Waals surface area contributed by atoms with E-state index in [1.807, 2.05) is 31.2 Å². The molecule has 0 aliphatic rings. The van der Waals surface area contributed by atoms with Crippen molar-refractivity contribution in [3.05, 3.63) is 29.8 Å². The summed E-state index contributed by atoms with van der Waals surface area (Å²) in [5.41, 5.74) is 7.51. The van der Waals surface area contributed by atoms with Crippen LogP contribution in [-0.2, 0) is 10.1 Å². The van der Waals surface area contributed by atoms with Crippen LogP contribution in [-0.4, -0.2) is 19.2 Å². The molecule has 3 N–H and O–H groups in total. The molecular formula is C8H13NO3S. The minimum Gasteiger partial charge on any atom is -0.399 e. The van der Waals surface area contributed by atoms with Gasteiger partial charge in [0.15, 0.2) is 0 Å². The number of aryl methyl sites for hydroxylation is 1. The molecule has 74 valence electrons. The number of hydrogen-bond donors (Lipinski definition) is 2. The van der Waals surface area contributed by atoms with Crippen molar-refractivity contribution in [1.82, 2.24) is 0 Å². The maximum absolute atomic E-state index is 9.19. The Kier molecular flexibility index (Phi) is 4.44. The zero-order chi connectivity index (χ0) is 10.5. The van der Waals surface area contributed by atoms with Gasteiger partial charge in [-0.1, -0.05) is 17.7 Å². The average Bonchev–Trinajstić information content (AvgIpc) is 1.92. The lowest BCUT2D eigenvalue weighted by molar-refractivity contribution is 0.490. The van der Waals surface area contributed by atoms with Crippen LogP contribution in [0.1, 0.15) is 5.56 Å². The predicted octanol–water partition coefficient (Wildman–Crippen LogP) is 1.08. The monoisotopic (exact) mass is 203 g/mol. The van der Waals surface area contributed by atoms with Gasteiger partial charge in [-0.3, -0.25) is 4.55 Å². The smallest absolute Gasteiger partial charge is 0.261 e. The molecule has 0 radical (unpaired) electrons. The first-order valence-corrected chi connectivity index (χ1v) is 5.38. The van der Waals surface area contributed by atoms with Gasteiger partial charge in [-0.15, -0.1) is 0 Å². The van der Waals surface area contributed by atoms with E-state index in [-0.39, 0.29) is 0 Å². The first-order valence-electron chi connectivity index (χ1n) is 3.53. The lowest BCUT2D eigenvalue weighted by Crippen LogP contribution is -1.88. The van der Waals surface area contributed by atoms with Crippen molar-refractivity contribution < 1.29 is 13.0 Å². The summed E-state index contributed by atoms with van der Waals surface area (Å²) in [6, 6.07) is 7.79. The van der Waals surface area contributed by atoms with E-state index >= 15 is 0 Å². The van der Waals surface area contributed by atoms with Crippen LogP contribution >= 0.6 is 0 Å². The summed E-state index contributed by atoms with van der Waals surface area (Å²) in [7, 11) is -3.67. The van der Waals surface area contributed by atoms with E-state index in [1.54, 1.807) is 0 Å². The highest BCUT2D eigenvalue weighted by Crippen LogP contribution is 2.02. The zero-order valence-corrected chi connectivity index (χ0v) is 8.38. The summed E-state index contributed by atoms with van der Waals surface area (Å²) in [6.07, 6.45) is 0.715. The summed E-state index contributed by atoms with van der Waals surface area (Å²) >= 11 is 0. The lowest BCUT2D eigenvalue weighted by Gasteiger charge is -1.90. The summed E-state index contributed by atoms with van der Waals surface area (Å²) < 4.78 is 25.9. The van der Waals surface area contributed by atoms with Crippen LogP contribution in [0.3, 0.4) is 0 Å². The number of nitrogen functional groups attached to an aromatic ring is 1. The topological polar surface area (TPSA) is 80.4 Å². The van der Waals surface area contributed by atoms with Crippen LogP contribution in [0.2, 0.25) is 0 Å². The molecule has 1 aromatic carbocycles. The molecule has 0 amide bonds. The molecule has 1 rings (SSSR count). The van der Waals surface area contributed by atoms with E-state index < -0.39 is 10.1 Å². The highest BCUT2D eigenvalue weighted by molar-refractivity contribution is 7.85. The SMILES string of the molecule is CS(=O)(=O)O.Cc1ccc(N)cc1. The van der Waals surface area contributed by atoms with Gasteiger partial charge in [-0.2, -0.15) is 8.42 Å². The van der Waals surface area contributed by atoms with Gasteiger partial charge in [0.25, 0.3) is 10.1 Å². The molecule has 0 bridgehead atoms. The fourth-order valence-corrected chi connectivity index (χ4v) is 0.566. The molecule has 0 atom stereocenters. The largest absolute Gasteiger partial charge is 0.399 e. The van der Waals surface area contributed by atoms with Crippen molar-refractivity contribution in [2.45, 2.75) is 6.92 Å². The molecule has 1 aromatic rings. The minimum atomic E-state index is -3.67. The molecule has 0 aliphatic heterocycles. The fraction of sp³-hybridized carbons (Fsp3) is 0.250. The average molecular weight is 203 g/mol. The molecule has 0 saturated heterocycles. The third-order valence-electron chi connectivity index (χ3n) is 1.08. The normalized spacial score (nSPS) is 10.1. The first-order chi connectivity index (χ1) is 5.79. The van der Waals surface area contributed by atoms with Crippen molar-refractivity contribution >= 4 is 15.8 Å². The molecule has 0 saturated carbocycles. The summed E-state index contributed by atoms with van der Waals surface area (Å²) in [5, 5.41) is 0. The number of hydrogen-bond acceptors (Lipinski definition) is 3. The molecule has 0 unspecified atom stereocenters. The molecule has 0 aliphatic carbocycles. The standard InChI is InChI=1S/C7H9N.CH4O3S/c1-6-2-4-7(8)5-3-6;1-5(2,3)4/h2-5H,8H2,1H3;1H3,(H,2,3,4). The Morgan fingerprint density at radius 2 is 1.54 bits per heavy atom. The van der Waals surface area contributed by atoms with Gasteiger partial charge in [0.2, 0.25) is 0 Å². The molecule has 13 heavy (non-hydrogen) atoms. The summed E-state index contributed by atoms with van der Waals surface area (Å²) in [6.45, 7) is 2.04. The van der Waals surface area contributed by atoms with E-state index in [0.29, 0.717) is 6.26 Å². The van der Waals surface area contributed by atoms with E-state index in [2.05, 4.69) is 0 Å². The molecule has 0 aromatic heterocycles. The van der Waals surface area contributed by atoms with E-state index in [1.165, 1.54) is 5.56 Å². The molecule has 5 heteroatoms. The third-order valence-corrected chi connectivity index (χ3v) is 1.08. The van der Waals surface area contributed by atoms with E-state index in [0.717, 1.165) is 5.69 Å². The maximum atomic E-state index is 9.19. The van der Waals surface area contributed by atoms with Gasteiger partial charge in [0.05, 0.1) is 6.26 Å². The van der Waals surface area contributed by atoms with Gasteiger partial charge in [0, 0.05) is 5.69 Å². The Bertz CT molecular complexity index is 313. The van der Waals surface area contributed by atoms with Gasteiger partial charge in [-0.05, 0) is 19.1 Å². The molecule has 0 heterocycles. The predicted molar refractivity (Wildman–Crippen MR) is 53.1 cm³/mol. The Hall–Kier alpha value is -1.07. The highest BCUT2D eigenvalue weighted by atomic mass is 32.2. The van der Waals surface area contributed by atoms with Crippen molar-refractivity contribution in [2.24, 2.45) is 0 Å². The third kappa shape index (κ3) is 10.9. The maximum Gasteiger partial charge on any atom is 0.261 e. The van der Waals surface area contributed by atoms with Crippen molar-refractivity contribution in [1.29, 1.82) is 0 Å². The molecule has 4 nitrogen and oxygen atoms in total. The number of rotatable bonds is 0. The Morgan fingerprint density at radius 1 is 1.23 bits per heavy atom. The van der Waals surface area contributed by atoms with Crippen LogP contribution < -0.4 is 5.73 Å². The second kappa shape index (κ2) is 4.84. The molecule has 0 fully saturated rings. The second-order valence-electron chi connectivity index (χ2n) is 2.64. The van der Waals surface area contributed by atoms with Crippen LogP contribution in [0.15, 0.2) is 24.3 Å². The molecular weight excluding hydrogens is 190 g/mol. The van der Waals surface area contributed by atoms with Crippen molar-refractivity contribution in [3.63, 3.8) is 0 Å². The van der Waals surface area contributed by atoms with Gasteiger partial charge >= 0.3 is 0 Å². The van der Waals surface area contributed by atoms with Crippen LogP contribution in [0.5, 0.6) is 0 Å². The van der Waals surface area contributed by atoms with Gasteiger partial charge in [-0.25, -0.2) is 0 Å². The number of nitrogens with two attached hydrogens (primary N) is 1.